The zero-order valence-corrected chi connectivity index (χ0v) is 29.9. The summed E-state index contributed by atoms with van der Waals surface area (Å²) in [6.07, 6.45) is 7.44. The maximum absolute atomic E-state index is 14.9. The third-order valence-electron chi connectivity index (χ3n) is 10.5. The number of nitrogens with zero attached hydrogens (tertiary/aromatic N) is 6. The van der Waals surface area contributed by atoms with Crippen LogP contribution in [0.2, 0.25) is 5.02 Å². The van der Waals surface area contributed by atoms with E-state index in [0.29, 0.717) is 67.3 Å². The van der Waals surface area contributed by atoms with Gasteiger partial charge in [0.05, 0.1) is 11.1 Å². The number of nitrogens with one attached hydrogen (secondary N) is 2. The number of amides is 1. The summed E-state index contributed by atoms with van der Waals surface area (Å²) in [6.45, 7) is 4.44. The van der Waals surface area contributed by atoms with Gasteiger partial charge in [0, 0.05) is 48.7 Å². The van der Waals surface area contributed by atoms with Crippen LogP contribution in [-0.4, -0.2) is 81.3 Å². The van der Waals surface area contributed by atoms with Gasteiger partial charge in [0.2, 0.25) is 27.8 Å². The Labute approximate surface area is 300 Å². The highest BCUT2D eigenvalue weighted by atomic mass is 35.5. The lowest BCUT2D eigenvalue weighted by atomic mass is 9.85. The number of imidazole rings is 1. The van der Waals surface area contributed by atoms with Gasteiger partial charge in [0.15, 0.2) is 17.3 Å². The van der Waals surface area contributed by atoms with E-state index in [1.807, 2.05) is 23.6 Å². The first-order chi connectivity index (χ1) is 24.5. The smallest absolute Gasteiger partial charge is 0.243 e. The highest BCUT2D eigenvalue weighted by Gasteiger charge is 2.35. The highest BCUT2D eigenvalue weighted by Crippen LogP contribution is 2.38. The Bertz CT molecular complexity index is 2000. The number of aromatic nitrogens is 4. The monoisotopic (exact) mass is 741 g/mol. The number of primary amides is 1. The van der Waals surface area contributed by atoms with Crippen LogP contribution in [0.3, 0.4) is 0 Å². The summed E-state index contributed by atoms with van der Waals surface area (Å²) >= 11 is 5.86. The fraction of sp³-hybridized carbons (Fsp3) is 0.486. The van der Waals surface area contributed by atoms with Crippen LogP contribution in [0.25, 0.3) is 11.2 Å². The summed E-state index contributed by atoms with van der Waals surface area (Å²) < 4.78 is 60.2. The number of halogens is 3. The van der Waals surface area contributed by atoms with Crippen molar-refractivity contribution in [2.24, 2.45) is 11.7 Å². The molecule has 2 aromatic carbocycles. The number of benzene rings is 2. The molecular weight excluding hydrogens is 700 g/mol. The summed E-state index contributed by atoms with van der Waals surface area (Å²) in [5.74, 6) is -1.70. The Morgan fingerprint density at radius 3 is 2.35 bits per heavy atom. The van der Waals surface area contributed by atoms with Gasteiger partial charge in [-0.2, -0.15) is 9.29 Å². The van der Waals surface area contributed by atoms with E-state index in [4.69, 9.17) is 22.3 Å². The molecule has 7 rings (SSSR count). The summed E-state index contributed by atoms with van der Waals surface area (Å²) in [6, 6.07) is 9.00. The largest absolute Gasteiger partial charge is 0.369 e. The number of piperidine rings is 2. The number of sulfonamides is 1. The number of rotatable bonds is 9. The molecule has 4 aromatic rings. The predicted molar refractivity (Wildman–Crippen MR) is 191 cm³/mol. The first kappa shape index (κ1) is 35.5. The number of carbonyl (C=O) groups is 1. The third-order valence-corrected chi connectivity index (χ3v) is 12.6. The molecule has 4 N–H and O–H groups in total. The van der Waals surface area contributed by atoms with Crippen molar-refractivity contribution in [2.45, 2.75) is 81.3 Å². The summed E-state index contributed by atoms with van der Waals surface area (Å²) in [7, 11) is -3.59. The van der Waals surface area contributed by atoms with Crippen molar-refractivity contribution in [3.05, 3.63) is 64.8 Å². The molecule has 0 radical (unpaired) electrons. The fourth-order valence-electron chi connectivity index (χ4n) is 7.72. The van der Waals surface area contributed by atoms with E-state index in [1.165, 1.54) is 0 Å². The van der Waals surface area contributed by atoms with E-state index in [1.54, 1.807) is 22.6 Å². The first-order valence-electron chi connectivity index (χ1n) is 17.5. The SMILES string of the molecule is Cc1ccc(S(=O)(=O)N2CCC[C@@H](N3CCC[C@@H](Nc4ncc5nc(Nc6c(F)cc(Cl)cc6F)n(C6CCC(C(N)=O)CC6)c5n4)C3)C2)cc1. The van der Waals surface area contributed by atoms with Crippen LogP contribution in [0.1, 0.15) is 63.0 Å². The van der Waals surface area contributed by atoms with Crippen LogP contribution in [0.5, 0.6) is 0 Å². The highest BCUT2D eigenvalue weighted by molar-refractivity contribution is 7.89. The molecule has 1 aliphatic carbocycles. The predicted octanol–water partition coefficient (Wildman–Crippen LogP) is 5.76. The van der Waals surface area contributed by atoms with Crippen molar-refractivity contribution in [1.29, 1.82) is 0 Å². The molecular formula is C35H42ClF2N9O3S. The van der Waals surface area contributed by atoms with Crippen molar-refractivity contribution in [2.75, 3.05) is 36.8 Å². The minimum Gasteiger partial charge on any atom is -0.369 e. The average Bonchev–Trinajstić information content (AvgIpc) is 3.47. The van der Waals surface area contributed by atoms with Crippen molar-refractivity contribution >= 4 is 56.3 Å². The molecule has 2 atom stereocenters. The van der Waals surface area contributed by atoms with Crippen molar-refractivity contribution in [3.8, 4) is 0 Å². The average molecular weight is 742 g/mol. The zero-order valence-electron chi connectivity index (χ0n) is 28.4. The number of hydrogen-bond donors (Lipinski definition) is 3. The molecule has 1 saturated carbocycles. The molecule has 16 heteroatoms. The molecule has 2 aliphatic heterocycles. The number of aryl methyl sites for hydroxylation is 1. The van der Waals surface area contributed by atoms with E-state index >= 15 is 0 Å². The molecule has 3 fully saturated rings. The molecule has 2 aromatic heterocycles. The quantitative estimate of drug-likeness (QED) is 0.195. The summed E-state index contributed by atoms with van der Waals surface area (Å²) in [5.41, 5.74) is 7.15. The molecule has 3 aliphatic rings. The molecule has 272 valence electrons. The minimum atomic E-state index is -3.59. The number of likely N-dealkylation sites (tertiary alicyclic amines) is 1. The number of nitrogens with two attached hydrogens (primary N) is 1. The van der Waals surface area contributed by atoms with E-state index in [2.05, 4.69) is 25.5 Å². The summed E-state index contributed by atoms with van der Waals surface area (Å²) in [4.78, 5) is 28.6. The van der Waals surface area contributed by atoms with E-state index < -0.39 is 21.7 Å². The standard InChI is InChI=1S/C35H42ClF2N9O3S/c1-21-6-12-27(13-7-21)51(49,50)46-15-3-5-26(20-46)45-14-2-4-24(19-45)41-34-40-18-30-33(44-34)47(25-10-8-22(9-11-25)32(39)48)35(42-30)43-31-28(37)16-23(36)17-29(31)38/h6-7,12-13,16-18,22,24-26H,2-5,8-11,14-15,19-20H2,1H3,(H2,39,48)(H,42,43)(H,40,41,44)/t22?,24-,25?,26-/m1/s1. The number of carbonyl (C=O) groups excluding carboxylic acids is 1. The second kappa shape index (κ2) is 14.6. The van der Waals surface area contributed by atoms with Crippen LogP contribution in [-0.2, 0) is 14.8 Å². The Morgan fingerprint density at radius 1 is 0.941 bits per heavy atom. The van der Waals surface area contributed by atoms with E-state index in [0.717, 1.165) is 49.9 Å². The van der Waals surface area contributed by atoms with Gasteiger partial charge in [0.25, 0.3) is 0 Å². The molecule has 12 nitrogen and oxygen atoms in total. The minimum absolute atomic E-state index is 0.0116. The van der Waals surface area contributed by atoms with Crippen LogP contribution in [0.4, 0.5) is 26.4 Å². The van der Waals surface area contributed by atoms with Gasteiger partial charge < -0.3 is 16.4 Å². The van der Waals surface area contributed by atoms with E-state index in [9.17, 15) is 22.0 Å². The Hall–Kier alpha value is -3.92. The lowest BCUT2D eigenvalue weighted by Gasteiger charge is -2.42. The molecule has 1 amide bonds. The topological polar surface area (TPSA) is 151 Å². The maximum atomic E-state index is 14.9. The van der Waals surface area contributed by atoms with Crippen LogP contribution in [0.15, 0.2) is 47.5 Å². The lowest BCUT2D eigenvalue weighted by Crippen LogP contribution is -2.54. The first-order valence-corrected chi connectivity index (χ1v) is 19.3. The lowest BCUT2D eigenvalue weighted by molar-refractivity contribution is -0.122. The van der Waals surface area contributed by atoms with E-state index in [-0.39, 0.29) is 46.6 Å². The Kier molecular flexibility index (Phi) is 10.2. The van der Waals surface area contributed by atoms with Gasteiger partial charge in [-0.3, -0.25) is 14.3 Å². The molecule has 4 heterocycles. The number of fused-ring (bicyclic) bond motifs is 1. The van der Waals surface area contributed by atoms with Crippen molar-refractivity contribution in [1.82, 2.24) is 28.7 Å². The Balaban J connectivity index is 1.11. The Morgan fingerprint density at radius 2 is 1.65 bits per heavy atom. The van der Waals surface area contributed by atoms with Crippen LogP contribution < -0.4 is 16.4 Å². The van der Waals surface area contributed by atoms with Gasteiger partial charge in [0.1, 0.15) is 11.2 Å². The fourth-order valence-corrected chi connectivity index (χ4v) is 9.43. The van der Waals surface area contributed by atoms with Crippen molar-refractivity contribution < 1.29 is 22.0 Å². The van der Waals surface area contributed by atoms with Crippen molar-refractivity contribution in [3.63, 3.8) is 0 Å². The molecule has 0 bridgehead atoms. The zero-order chi connectivity index (χ0) is 35.9. The van der Waals surface area contributed by atoms with Gasteiger partial charge >= 0.3 is 0 Å². The number of hydrogen-bond acceptors (Lipinski definition) is 9. The molecule has 0 unspecified atom stereocenters. The van der Waals surface area contributed by atoms with Crippen LogP contribution >= 0.6 is 11.6 Å². The maximum Gasteiger partial charge on any atom is 0.243 e. The second-order valence-corrected chi connectivity index (χ2v) is 16.3. The normalized spacial score (nSPS) is 23.7. The van der Waals surface area contributed by atoms with Gasteiger partial charge in [-0.1, -0.05) is 29.3 Å². The van der Waals surface area contributed by atoms with Gasteiger partial charge in [-0.15, -0.1) is 0 Å². The molecule has 2 saturated heterocycles. The van der Waals surface area contributed by atoms with Crippen LogP contribution in [0, 0.1) is 24.5 Å². The number of anilines is 3. The molecule has 51 heavy (non-hydrogen) atoms. The molecule has 0 spiro atoms. The van der Waals surface area contributed by atoms with Gasteiger partial charge in [-0.25, -0.2) is 27.2 Å². The summed E-state index contributed by atoms with van der Waals surface area (Å²) in [5, 5.41) is 6.27. The second-order valence-electron chi connectivity index (χ2n) is 13.9. The van der Waals surface area contributed by atoms with Gasteiger partial charge in [-0.05, 0) is 89.1 Å². The third kappa shape index (κ3) is 7.52.